The van der Waals surface area contributed by atoms with Gasteiger partial charge in [0.2, 0.25) is 0 Å². The van der Waals surface area contributed by atoms with Gasteiger partial charge >= 0.3 is 5.97 Å². The van der Waals surface area contributed by atoms with Crippen LogP contribution in [0.5, 0.6) is 0 Å². The maximum atomic E-state index is 9.70. The molecule has 0 aromatic heterocycles. The first-order chi connectivity index (χ1) is 2.64. The summed E-state index contributed by atoms with van der Waals surface area (Å²) in [6.07, 6.45) is 0. The first-order valence-electron chi connectivity index (χ1n) is 1.87. The van der Waals surface area contributed by atoms with Gasteiger partial charge in [-0.2, -0.15) is 0 Å². The Kier molecular flexibility index (Phi) is 6.25. The number of hydrogen-bond donors (Lipinski definition) is 1. The van der Waals surface area contributed by atoms with Crippen LogP contribution in [0.25, 0.3) is 0 Å². The molecule has 0 unspecified atom stereocenters. The normalized spacial score (nSPS) is 7.86. The van der Waals surface area contributed by atoms with Gasteiger partial charge in [-0.15, -0.1) is 0 Å². The number of carboxylic acids is 1. The van der Waals surface area contributed by atoms with Gasteiger partial charge in [-0.1, -0.05) is 13.8 Å². The second-order valence-corrected chi connectivity index (χ2v) is 1.49. The SMILES string of the molecule is CC(C)C(=O)O.[Re]. The molecular weight excluding hydrogens is 266 g/mol. The molecule has 0 saturated carbocycles. The third kappa shape index (κ3) is 6.13. The van der Waals surface area contributed by atoms with Gasteiger partial charge in [0.05, 0.1) is 5.92 Å². The van der Waals surface area contributed by atoms with Gasteiger partial charge < -0.3 is 5.11 Å². The van der Waals surface area contributed by atoms with Gasteiger partial charge in [0.15, 0.2) is 0 Å². The largest absolute Gasteiger partial charge is 0.481 e. The molecule has 0 aliphatic rings. The van der Waals surface area contributed by atoms with Crippen LogP contribution in [0.3, 0.4) is 0 Å². The summed E-state index contributed by atoms with van der Waals surface area (Å²) in [6, 6.07) is 0. The van der Waals surface area contributed by atoms with Crippen LogP contribution in [0.15, 0.2) is 0 Å². The van der Waals surface area contributed by atoms with E-state index in [2.05, 4.69) is 0 Å². The average molecular weight is 274 g/mol. The zero-order valence-electron chi connectivity index (χ0n) is 4.31. The number of hydrogen-bond acceptors (Lipinski definition) is 1. The summed E-state index contributed by atoms with van der Waals surface area (Å²) in [5.74, 6) is -0.972. The maximum Gasteiger partial charge on any atom is 0.305 e. The van der Waals surface area contributed by atoms with Crippen LogP contribution >= 0.6 is 0 Å². The Morgan fingerprint density at radius 2 is 1.71 bits per heavy atom. The number of rotatable bonds is 1. The van der Waals surface area contributed by atoms with Gasteiger partial charge in [0, 0.05) is 20.4 Å². The Balaban J connectivity index is 0. The van der Waals surface area contributed by atoms with Crippen molar-refractivity contribution in [2.75, 3.05) is 0 Å². The van der Waals surface area contributed by atoms with Crippen molar-refractivity contribution in [3.05, 3.63) is 0 Å². The predicted molar refractivity (Wildman–Crippen MR) is 22.5 cm³/mol. The van der Waals surface area contributed by atoms with E-state index >= 15 is 0 Å². The van der Waals surface area contributed by atoms with E-state index in [4.69, 9.17) is 5.11 Å². The Bertz CT molecular complexity index is 60.7. The molecule has 0 fully saturated rings. The minimum absolute atomic E-state index is 0. The molecular formula is C4H8O2Re. The summed E-state index contributed by atoms with van der Waals surface area (Å²) in [5.41, 5.74) is 0. The van der Waals surface area contributed by atoms with Crippen molar-refractivity contribution in [2.45, 2.75) is 13.8 Å². The molecule has 2 nitrogen and oxygen atoms in total. The number of carboxylic acid groups (broad SMARTS) is 1. The number of carbonyl (C=O) groups is 1. The van der Waals surface area contributed by atoms with E-state index in [-0.39, 0.29) is 26.3 Å². The second-order valence-electron chi connectivity index (χ2n) is 1.49. The van der Waals surface area contributed by atoms with Crippen LogP contribution in [0.4, 0.5) is 0 Å². The van der Waals surface area contributed by atoms with E-state index in [1.165, 1.54) is 0 Å². The van der Waals surface area contributed by atoms with Crippen LogP contribution in [0.2, 0.25) is 0 Å². The van der Waals surface area contributed by atoms with Crippen LogP contribution in [0, 0.1) is 5.92 Å². The third-order valence-electron chi connectivity index (χ3n) is 0.494. The van der Waals surface area contributed by atoms with Crippen LogP contribution in [0.1, 0.15) is 13.8 Å². The van der Waals surface area contributed by atoms with Crippen molar-refractivity contribution in [3.8, 4) is 0 Å². The summed E-state index contributed by atoms with van der Waals surface area (Å²) in [5, 5.41) is 7.99. The molecule has 0 heterocycles. The van der Waals surface area contributed by atoms with E-state index in [1.54, 1.807) is 13.8 Å². The standard InChI is InChI=1S/C4H8O2.Re/c1-3(2)4(5)6;/h3H,1-2H3,(H,5,6);. The zero-order valence-corrected chi connectivity index (χ0v) is 7.03. The van der Waals surface area contributed by atoms with Gasteiger partial charge in [-0.3, -0.25) is 4.79 Å². The van der Waals surface area contributed by atoms with Crippen LogP contribution < -0.4 is 0 Å². The Labute approximate surface area is 56.6 Å². The smallest absolute Gasteiger partial charge is 0.305 e. The fourth-order valence-corrected chi connectivity index (χ4v) is 0. The Morgan fingerprint density at radius 3 is 1.71 bits per heavy atom. The summed E-state index contributed by atoms with van der Waals surface area (Å²) in [6.45, 7) is 3.28. The van der Waals surface area contributed by atoms with Gasteiger partial charge in [0.25, 0.3) is 0 Å². The summed E-state index contributed by atoms with van der Waals surface area (Å²) < 4.78 is 0. The Hall–Kier alpha value is 0.132. The van der Waals surface area contributed by atoms with E-state index in [0.29, 0.717) is 0 Å². The molecule has 0 aliphatic carbocycles. The molecule has 0 amide bonds. The fraction of sp³-hybridized carbons (Fsp3) is 0.750. The van der Waals surface area contributed by atoms with Crippen molar-refractivity contribution >= 4 is 5.97 Å². The molecule has 7 heavy (non-hydrogen) atoms. The molecule has 1 N–H and O–H groups in total. The van der Waals surface area contributed by atoms with E-state index in [0.717, 1.165) is 0 Å². The maximum absolute atomic E-state index is 9.70. The minimum atomic E-state index is -0.741. The van der Waals surface area contributed by atoms with E-state index in [1.807, 2.05) is 0 Å². The third-order valence-corrected chi connectivity index (χ3v) is 0.494. The zero-order chi connectivity index (χ0) is 5.15. The van der Waals surface area contributed by atoms with Crippen LogP contribution in [-0.2, 0) is 25.2 Å². The predicted octanol–water partition coefficient (Wildman–Crippen LogP) is 0.724. The summed E-state index contributed by atoms with van der Waals surface area (Å²) >= 11 is 0. The van der Waals surface area contributed by atoms with Crippen LogP contribution in [-0.4, -0.2) is 11.1 Å². The van der Waals surface area contributed by atoms with E-state index in [9.17, 15) is 4.79 Å². The average Bonchev–Trinajstić information content (AvgIpc) is 1.36. The van der Waals surface area contributed by atoms with Crippen molar-refractivity contribution < 1.29 is 30.3 Å². The quantitative estimate of drug-likeness (QED) is 0.765. The molecule has 0 aliphatic heterocycles. The molecule has 3 heteroatoms. The summed E-state index contributed by atoms with van der Waals surface area (Å²) in [7, 11) is 0. The first-order valence-corrected chi connectivity index (χ1v) is 1.87. The fourth-order valence-electron chi connectivity index (χ4n) is 0. The van der Waals surface area contributed by atoms with E-state index < -0.39 is 5.97 Å². The molecule has 0 aromatic carbocycles. The minimum Gasteiger partial charge on any atom is -0.481 e. The van der Waals surface area contributed by atoms with Gasteiger partial charge in [-0.05, 0) is 0 Å². The van der Waals surface area contributed by atoms with Gasteiger partial charge in [0.1, 0.15) is 0 Å². The molecule has 0 saturated heterocycles. The van der Waals surface area contributed by atoms with Crippen molar-refractivity contribution in [2.24, 2.45) is 5.92 Å². The molecule has 1 radical (unpaired) electrons. The van der Waals surface area contributed by atoms with Crippen molar-refractivity contribution in [1.29, 1.82) is 0 Å². The molecule has 0 aromatic rings. The topological polar surface area (TPSA) is 37.3 Å². The van der Waals surface area contributed by atoms with Crippen molar-refractivity contribution in [1.82, 2.24) is 0 Å². The molecule has 0 spiro atoms. The van der Waals surface area contributed by atoms with Gasteiger partial charge in [-0.25, -0.2) is 0 Å². The molecule has 43 valence electrons. The molecule has 0 rings (SSSR count). The summed E-state index contributed by atoms with van der Waals surface area (Å²) in [4.78, 5) is 9.70. The van der Waals surface area contributed by atoms with Crippen molar-refractivity contribution in [3.63, 3.8) is 0 Å². The monoisotopic (exact) mass is 275 g/mol. The first kappa shape index (κ1) is 10.2. The Morgan fingerprint density at radius 1 is 1.57 bits per heavy atom. The molecule has 0 atom stereocenters. The second kappa shape index (κ2) is 4.30. The number of aliphatic carboxylic acids is 1. The molecule has 0 bridgehead atoms.